The zero-order chi connectivity index (χ0) is 13.5. The van der Waals surface area contributed by atoms with Crippen LogP contribution < -0.4 is 5.73 Å². The molecule has 0 amide bonds. The first kappa shape index (κ1) is 11.9. The molecule has 92 valence electrons. The number of rotatable bonds is 2. The fraction of sp³-hybridized carbons (Fsp3) is 0.273. The van der Waals surface area contributed by atoms with Crippen molar-refractivity contribution in [2.24, 2.45) is 0 Å². The van der Waals surface area contributed by atoms with Gasteiger partial charge in [0.05, 0.1) is 17.2 Å². The van der Waals surface area contributed by atoms with Crippen LogP contribution in [0.25, 0.3) is 5.65 Å². The first-order valence-electron chi connectivity index (χ1n) is 5.16. The molecule has 7 heteroatoms. The van der Waals surface area contributed by atoms with Gasteiger partial charge in [0, 0.05) is 6.20 Å². The maximum atomic E-state index is 11.1. The van der Waals surface area contributed by atoms with Gasteiger partial charge in [-0.15, -0.1) is 5.10 Å². The third kappa shape index (κ3) is 1.64. The van der Waals surface area contributed by atoms with E-state index in [1.165, 1.54) is 4.52 Å². The Hall–Kier alpha value is -2.62. The van der Waals surface area contributed by atoms with Crippen LogP contribution in [0.15, 0.2) is 12.3 Å². The van der Waals surface area contributed by atoms with E-state index in [4.69, 9.17) is 16.1 Å². The van der Waals surface area contributed by atoms with Crippen molar-refractivity contribution in [1.29, 1.82) is 5.26 Å². The summed E-state index contributed by atoms with van der Waals surface area (Å²) in [5, 5.41) is 22.0. The number of carboxylic acids is 1. The maximum Gasteiger partial charge on any atom is 0.343 e. The quantitative estimate of drug-likeness (QED) is 0.808. The predicted molar refractivity (Wildman–Crippen MR) is 63.0 cm³/mol. The van der Waals surface area contributed by atoms with Crippen LogP contribution in [0.4, 0.5) is 5.82 Å². The molecule has 2 rings (SSSR count). The molecule has 0 aliphatic heterocycles. The van der Waals surface area contributed by atoms with Crippen molar-refractivity contribution in [3.05, 3.63) is 23.5 Å². The van der Waals surface area contributed by atoms with E-state index in [2.05, 4.69) is 16.2 Å². The molecule has 0 aliphatic rings. The third-order valence-electron chi connectivity index (χ3n) is 2.65. The van der Waals surface area contributed by atoms with E-state index < -0.39 is 11.4 Å². The number of nitriles is 1. The Labute approximate surface area is 102 Å². The highest BCUT2D eigenvalue weighted by Gasteiger charge is 2.25. The summed E-state index contributed by atoms with van der Waals surface area (Å²) in [4.78, 5) is 15.3. The zero-order valence-corrected chi connectivity index (χ0v) is 9.88. The van der Waals surface area contributed by atoms with Crippen LogP contribution in [0.2, 0.25) is 0 Å². The second-order valence-corrected chi connectivity index (χ2v) is 4.38. The number of hydrogen-bond donors (Lipinski definition) is 2. The Balaban J connectivity index is 2.75. The van der Waals surface area contributed by atoms with Crippen LogP contribution in [-0.4, -0.2) is 25.7 Å². The fourth-order valence-corrected chi connectivity index (χ4v) is 1.56. The van der Waals surface area contributed by atoms with E-state index in [-0.39, 0.29) is 17.0 Å². The summed E-state index contributed by atoms with van der Waals surface area (Å²) in [6, 6.07) is 3.73. The van der Waals surface area contributed by atoms with Gasteiger partial charge in [0.2, 0.25) is 0 Å². The predicted octanol–water partition coefficient (Wildman–Crippen LogP) is 0.811. The molecule has 0 saturated carbocycles. The lowest BCUT2D eigenvalue weighted by Crippen LogP contribution is -2.17. The number of aromatic nitrogens is 3. The molecule has 0 radical (unpaired) electrons. The van der Waals surface area contributed by atoms with Gasteiger partial charge in [0.15, 0.2) is 11.5 Å². The van der Waals surface area contributed by atoms with Gasteiger partial charge in [-0.2, -0.15) is 5.26 Å². The molecule has 0 fully saturated rings. The van der Waals surface area contributed by atoms with Crippen LogP contribution in [-0.2, 0) is 5.41 Å². The Morgan fingerprint density at radius 1 is 1.61 bits per heavy atom. The van der Waals surface area contributed by atoms with Crippen LogP contribution in [0.1, 0.15) is 29.9 Å². The third-order valence-corrected chi connectivity index (χ3v) is 2.65. The Kier molecular flexibility index (Phi) is 2.44. The van der Waals surface area contributed by atoms with Crippen molar-refractivity contribution < 1.29 is 9.90 Å². The molecule has 2 heterocycles. The van der Waals surface area contributed by atoms with Crippen molar-refractivity contribution >= 4 is 17.4 Å². The lowest BCUT2D eigenvalue weighted by molar-refractivity contribution is 0.0700. The zero-order valence-electron chi connectivity index (χ0n) is 9.88. The summed E-state index contributed by atoms with van der Waals surface area (Å²) in [5.74, 6) is -1.29. The average molecular weight is 245 g/mol. The molecular weight excluding hydrogens is 234 g/mol. The van der Waals surface area contributed by atoms with E-state index in [1.807, 2.05) is 0 Å². The number of nitrogen functional groups attached to an aromatic ring is 1. The van der Waals surface area contributed by atoms with Gasteiger partial charge in [0.25, 0.3) is 0 Å². The lowest BCUT2D eigenvalue weighted by atomic mass is 9.91. The van der Waals surface area contributed by atoms with Gasteiger partial charge in [-0.1, -0.05) is 0 Å². The van der Waals surface area contributed by atoms with Gasteiger partial charge in [-0.05, 0) is 19.9 Å². The number of carboxylic acid groups (broad SMARTS) is 1. The molecule has 3 N–H and O–H groups in total. The van der Waals surface area contributed by atoms with E-state index in [0.717, 1.165) is 0 Å². The molecule has 0 aromatic carbocycles. The van der Waals surface area contributed by atoms with Gasteiger partial charge in [0.1, 0.15) is 5.56 Å². The number of hydrogen-bond acceptors (Lipinski definition) is 5. The lowest BCUT2D eigenvalue weighted by Gasteiger charge is -2.14. The van der Waals surface area contributed by atoms with Gasteiger partial charge >= 0.3 is 5.97 Å². The molecule has 0 saturated heterocycles. The van der Waals surface area contributed by atoms with Gasteiger partial charge < -0.3 is 10.8 Å². The first-order valence-corrected chi connectivity index (χ1v) is 5.16. The number of carbonyl (C=O) groups is 1. The second kappa shape index (κ2) is 3.70. The number of anilines is 1. The maximum absolute atomic E-state index is 11.1. The summed E-state index contributed by atoms with van der Waals surface area (Å²) < 4.78 is 1.29. The summed E-state index contributed by atoms with van der Waals surface area (Å²) in [7, 11) is 0. The van der Waals surface area contributed by atoms with Crippen LogP contribution in [0.3, 0.4) is 0 Å². The monoisotopic (exact) mass is 245 g/mol. The number of nitrogens with two attached hydrogens (primary N) is 1. The average Bonchev–Trinajstić information content (AvgIpc) is 2.63. The first-order chi connectivity index (χ1) is 8.36. The second-order valence-electron chi connectivity index (χ2n) is 4.38. The summed E-state index contributed by atoms with van der Waals surface area (Å²) >= 11 is 0. The molecule has 2 aromatic rings. The van der Waals surface area contributed by atoms with Crippen molar-refractivity contribution in [3.63, 3.8) is 0 Å². The van der Waals surface area contributed by atoms with Gasteiger partial charge in [-0.3, -0.25) is 0 Å². The standard InChI is InChI=1S/C11H11N5O2/c1-11(2,5-12)6-3-4-16-9(14-6)7(10(17)18)8(13)15-16/h3-4H,1-2H3,(H2,13,15)(H,17,18). The highest BCUT2D eigenvalue weighted by atomic mass is 16.4. The van der Waals surface area contributed by atoms with Crippen LogP contribution in [0, 0.1) is 11.3 Å². The normalized spacial score (nSPS) is 11.4. The number of nitrogens with zero attached hydrogens (tertiary/aromatic N) is 4. The number of aromatic carboxylic acids is 1. The minimum atomic E-state index is -1.19. The van der Waals surface area contributed by atoms with Crippen LogP contribution >= 0.6 is 0 Å². The van der Waals surface area contributed by atoms with E-state index in [1.54, 1.807) is 26.1 Å². The van der Waals surface area contributed by atoms with Crippen molar-refractivity contribution in [2.75, 3.05) is 5.73 Å². The SMILES string of the molecule is CC(C)(C#N)c1ccn2nc(N)c(C(=O)O)c2n1. The summed E-state index contributed by atoms with van der Waals surface area (Å²) in [6.45, 7) is 3.40. The molecule has 0 spiro atoms. The Morgan fingerprint density at radius 3 is 2.83 bits per heavy atom. The molecule has 0 unspecified atom stereocenters. The van der Waals surface area contributed by atoms with Crippen molar-refractivity contribution in [3.8, 4) is 6.07 Å². The van der Waals surface area contributed by atoms with Crippen LogP contribution in [0.5, 0.6) is 0 Å². The van der Waals surface area contributed by atoms with Gasteiger partial charge in [-0.25, -0.2) is 14.3 Å². The smallest absolute Gasteiger partial charge is 0.343 e. The largest absolute Gasteiger partial charge is 0.477 e. The van der Waals surface area contributed by atoms with Crippen molar-refractivity contribution in [1.82, 2.24) is 14.6 Å². The Morgan fingerprint density at radius 2 is 2.28 bits per heavy atom. The molecule has 2 aromatic heterocycles. The molecule has 0 atom stereocenters. The highest BCUT2D eigenvalue weighted by Crippen LogP contribution is 2.23. The summed E-state index contributed by atoms with van der Waals surface area (Å²) in [5.41, 5.74) is 5.18. The van der Waals surface area contributed by atoms with E-state index in [0.29, 0.717) is 5.69 Å². The molecular formula is C11H11N5O2. The highest BCUT2D eigenvalue weighted by molar-refractivity contribution is 5.99. The molecule has 0 aliphatic carbocycles. The molecule has 0 bridgehead atoms. The van der Waals surface area contributed by atoms with E-state index in [9.17, 15) is 4.79 Å². The molecule has 7 nitrogen and oxygen atoms in total. The summed E-state index contributed by atoms with van der Waals surface area (Å²) in [6.07, 6.45) is 1.54. The minimum absolute atomic E-state index is 0.0955. The minimum Gasteiger partial charge on any atom is -0.477 e. The van der Waals surface area contributed by atoms with E-state index >= 15 is 0 Å². The Bertz CT molecular complexity index is 681. The van der Waals surface area contributed by atoms with Crippen molar-refractivity contribution in [2.45, 2.75) is 19.3 Å². The number of fused-ring (bicyclic) bond motifs is 1. The topological polar surface area (TPSA) is 117 Å². The fourth-order valence-electron chi connectivity index (χ4n) is 1.56. The molecule has 18 heavy (non-hydrogen) atoms.